The lowest BCUT2D eigenvalue weighted by atomic mass is 10.1. The molecule has 0 aliphatic carbocycles. The zero-order chi connectivity index (χ0) is 9.10. The third kappa shape index (κ3) is 1.76. The summed E-state index contributed by atoms with van der Waals surface area (Å²) < 4.78 is 0. The Kier molecular flexibility index (Phi) is 2.38. The molecule has 1 atom stereocenters. The van der Waals surface area contributed by atoms with Crippen molar-refractivity contribution in [1.29, 1.82) is 0 Å². The Bertz CT molecular complexity index is 356. The lowest BCUT2D eigenvalue weighted by Crippen LogP contribution is -2.11. The molecule has 0 aliphatic rings. The van der Waals surface area contributed by atoms with E-state index in [1.54, 1.807) is 16.8 Å². The summed E-state index contributed by atoms with van der Waals surface area (Å²) in [5, 5.41) is 1.98. The summed E-state index contributed by atoms with van der Waals surface area (Å²) in [6.07, 6.45) is 0. The molecule has 2 aromatic rings. The summed E-state index contributed by atoms with van der Waals surface area (Å²) in [6, 6.07) is 9.90. The van der Waals surface area contributed by atoms with Crippen LogP contribution in [0.5, 0.6) is 0 Å². The van der Waals surface area contributed by atoms with Gasteiger partial charge in [0, 0.05) is 5.38 Å². The first kappa shape index (κ1) is 8.41. The quantitative estimate of drug-likeness (QED) is 0.788. The van der Waals surface area contributed by atoms with Crippen molar-refractivity contribution < 1.29 is 0 Å². The molecule has 13 heavy (non-hydrogen) atoms. The van der Waals surface area contributed by atoms with Crippen molar-refractivity contribution >= 4 is 11.3 Å². The highest BCUT2D eigenvalue weighted by Gasteiger charge is 2.08. The Hall–Kier alpha value is -1.19. The van der Waals surface area contributed by atoms with E-state index in [1.165, 1.54) is 0 Å². The Morgan fingerprint density at radius 3 is 2.62 bits per heavy atom. The minimum atomic E-state index is -0.0903. The predicted octanol–water partition coefficient (Wildman–Crippen LogP) is 2.19. The van der Waals surface area contributed by atoms with Crippen LogP contribution in [0.4, 0.5) is 0 Å². The minimum absolute atomic E-state index is 0.0903. The topological polar surface area (TPSA) is 38.9 Å². The molecule has 0 fully saturated rings. The van der Waals surface area contributed by atoms with E-state index in [4.69, 9.17) is 5.73 Å². The van der Waals surface area contributed by atoms with Crippen LogP contribution in [0.2, 0.25) is 0 Å². The summed E-state index contributed by atoms with van der Waals surface area (Å²) in [4.78, 5) is 4.19. The van der Waals surface area contributed by atoms with Gasteiger partial charge in [-0.05, 0) is 5.56 Å². The Labute approximate surface area is 81.1 Å². The van der Waals surface area contributed by atoms with Crippen LogP contribution in [0.1, 0.15) is 17.3 Å². The van der Waals surface area contributed by atoms with Crippen LogP contribution in [0.25, 0.3) is 0 Å². The summed E-state index contributed by atoms with van der Waals surface area (Å²) in [6.45, 7) is 0. The third-order valence-electron chi connectivity index (χ3n) is 1.93. The van der Waals surface area contributed by atoms with Gasteiger partial charge < -0.3 is 5.73 Å². The van der Waals surface area contributed by atoms with Crippen molar-refractivity contribution in [2.75, 3.05) is 0 Å². The van der Waals surface area contributed by atoms with E-state index < -0.39 is 0 Å². The zero-order valence-corrected chi connectivity index (χ0v) is 7.87. The number of thiazole rings is 1. The molecule has 0 amide bonds. The number of benzene rings is 1. The molecule has 0 unspecified atom stereocenters. The summed E-state index contributed by atoms with van der Waals surface area (Å²) >= 11 is 1.57. The van der Waals surface area contributed by atoms with Gasteiger partial charge in [-0.25, -0.2) is 4.98 Å². The van der Waals surface area contributed by atoms with Gasteiger partial charge in [0.05, 0.1) is 17.2 Å². The normalized spacial score (nSPS) is 12.7. The molecule has 1 aromatic heterocycles. The van der Waals surface area contributed by atoms with Crippen LogP contribution in [0, 0.1) is 0 Å². The van der Waals surface area contributed by atoms with Crippen molar-refractivity contribution in [2.24, 2.45) is 5.73 Å². The number of rotatable bonds is 2. The van der Waals surface area contributed by atoms with Gasteiger partial charge in [-0.2, -0.15) is 0 Å². The van der Waals surface area contributed by atoms with Crippen LogP contribution >= 0.6 is 11.3 Å². The van der Waals surface area contributed by atoms with Crippen LogP contribution in [-0.4, -0.2) is 4.98 Å². The van der Waals surface area contributed by atoms with E-state index in [0.717, 1.165) is 11.3 Å². The highest BCUT2D eigenvalue weighted by molar-refractivity contribution is 7.07. The highest BCUT2D eigenvalue weighted by Crippen LogP contribution is 2.18. The van der Waals surface area contributed by atoms with Crippen LogP contribution in [0.3, 0.4) is 0 Å². The first-order valence-electron chi connectivity index (χ1n) is 4.06. The van der Waals surface area contributed by atoms with E-state index in [1.807, 2.05) is 35.7 Å². The second-order valence-corrected chi connectivity index (χ2v) is 3.52. The molecule has 66 valence electrons. The third-order valence-corrected chi connectivity index (χ3v) is 2.53. The fourth-order valence-corrected chi connectivity index (χ4v) is 1.80. The average molecular weight is 190 g/mol. The molecule has 0 saturated heterocycles. The largest absolute Gasteiger partial charge is 0.319 e. The van der Waals surface area contributed by atoms with Gasteiger partial charge in [0.15, 0.2) is 0 Å². The molecule has 1 heterocycles. The van der Waals surface area contributed by atoms with Crippen molar-refractivity contribution in [3.05, 3.63) is 52.5 Å². The summed E-state index contributed by atoms with van der Waals surface area (Å²) in [5.74, 6) is 0. The molecule has 0 spiro atoms. The Morgan fingerprint density at radius 1 is 1.23 bits per heavy atom. The summed E-state index contributed by atoms with van der Waals surface area (Å²) in [5.41, 5.74) is 9.85. The number of nitrogens with zero attached hydrogens (tertiary/aromatic N) is 1. The highest BCUT2D eigenvalue weighted by atomic mass is 32.1. The Morgan fingerprint density at radius 2 is 2.00 bits per heavy atom. The number of hydrogen-bond donors (Lipinski definition) is 1. The lowest BCUT2D eigenvalue weighted by molar-refractivity contribution is 0.839. The maximum absolute atomic E-state index is 6.00. The van der Waals surface area contributed by atoms with Gasteiger partial charge in [0.25, 0.3) is 0 Å². The van der Waals surface area contributed by atoms with Gasteiger partial charge in [-0.3, -0.25) is 0 Å². The molecule has 2 rings (SSSR count). The lowest BCUT2D eigenvalue weighted by Gasteiger charge is -2.07. The van der Waals surface area contributed by atoms with Crippen LogP contribution < -0.4 is 5.73 Å². The van der Waals surface area contributed by atoms with Gasteiger partial charge in [0.2, 0.25) is 0 Å². The molecular formula is C10H10N2S. The molecule has 0 saturated carbocycles. The number of hydrogen-bond acceptors (Lipinski definition) is 3. The number of aromatic nitrogens is 1. The van der Waals surface area contributed by atoms with E-state index in [-0.39, 0.29) is 6.04 Å². The summed E-state index contributed by atoms with van der Waals surface area (Å²) in [7, 11) is 0. The first-order chi connectivity index (χ1) is 6.38. The maximum atomic E-state index is 6.00. The second-order valence-electron chi connectivity index (χ2n) is 2.80. The van der Waals surface area contributed by atoms with Crippen LogP contribution in [0.15, 0.2) is 41.2 Å². The SMILES string of the molecule is N[C@H](c1ccccc1)c1cscn1. The van der Waals surface area contributed by atoms with Crippen molar-refractivity contribution in [1.82, 2.24) is 4.98 Å². The van der Waals surface area contributed by atoms with Gasteiger partial charge >= 0.3 is 0 Å². The van der Waals surface area contributed by atoms with Gasteiger partial charge in [0.1, 0.15) is 0 Å². The second kappa shape index (κ2) is 3.68. The smallest absolute Gasteiger partial charge is 0.0795 e. The molecule has 0 bridgehead atoms. The maximum Gasteiger partial charge on any atom is 0.0795 e. The first-order valence-corrected chi connectivity index (χ1v) is 5.01. The molecule has 2 N–H and O–H groups in total. The zero-order valence-electron chi connectivity index (χ0n) is 7.05. The standard InChI is InChI=1S/C10H10N2S/c11-10(9-6-13-7-12-9)8-4-2-1-3-5-8/h1-7,10H,11H2/t10-/m1/s1. The minimum Gasteiger partial charge on any atom is -0.319 e. The molecule has 3 heteroatoms. The van der Waals surface area contributed by atoms with E-state index in [9.17, 15) is 0 Å². The van der Waals surface area contributed by atoms with Crippen LogP contribution in [-0.2, 0) is 0 Å². The Balaban J connectivity index is 2.29. The van der Waals surface area contributed by atoms with Crippen molar-refractivity contribution in [3.8, 4) is 0 Å². The van der Waals surface area contributed by atoms with E-state index in [0.29, 0.717) is 0 Å². The van der Waals surface area contributed by atoms with Gasteiger partial charge in [-0.15, -0.1) is 11.3 Å². The van der Waals surface area contributed by atoms with Crippen molar-refractivity contribution in [2.45, 2.75) is 6.04 Å². The molecule has 2 nitrogen and oxygen atoms in total. The molecule has 0 aliphatic heterocycles. The fourth-order valence-electron chi connectivity index (χ4n) is 1.21. The molecular weight excluding hydrogens is 180 g/mol. The fraction of sp³-hybridized carbons (Fsp3) is 0.100. The van der Waals surface area contributed by atoms with Crippen molar-refractivity contribution in [3.63, 3.8) is 0 Å². The molecule has 1 aromatic carbocycles. The van der Waals surface area contributed by atoms with Gasteiger partial charge in [-0.1, -0.05) is 30.3 Å². The monoisotopic (exact) mass is 190 g/mol. The van der Waals surface area contributed by atoms with E-state index >= 15 is 0 Å². The molecule has 0 radical (unpaired) electrons. The predicted molar refractivity (Wildman–Crippen MR) is 54.6 cm³/mol. The van der Waals surface area contributed by atoms with E-state index in [2.05, 4.69) is 4.98 Å². The number of nitrogens with two attached hydrogens (primary N) is 1. The average Bonchev–Trinajstić information content (AvgIpc) is 2.71.